The monoisotopic (exact) mass is 264 g/mol. The SMILES string of the molecule is CCOc1ccccc1C(=O)NCC(C)(C)CCN. The van der Waals surface area contributed by atoms with Crippen molar-refractivity contribution in [1.82, 2.24) is 5.32 Å². The van der Waals surface area contributed by atoms with E-state index in [0.717, 1.165) is 6.42 Å². The van der Waals surface area contributed by atoms with Crippen LogP contribution in [0, 0.1) is 5.41 Å². The summed E-state index contributed by atoms with van der Waals surface area (Å²) in [5.41, 5.74) is 6.14. The van der Waals surface area contributed by atoms with Gasteiger partial charge in [0.1, 0.15) is 5.75 Å². The van der Waals surface area contributed by atoms with Gasteiger partial charge in [0, 0.05) is 6.54 Å². The summed E-state index contributed by atoms with van der Waals surface area (Å²) in [7, 11) is 0. The number of para-hydroxylation sites is 1. The van der Waals surface area contributed by atoms with Crippen LogP contribution in [0.15, 0.2) is 24.3 Å². The van der Waals surface area contributed by atoms with Gasteiger partial charge < -0.3 is 15.8 Å². The number of benzene rings is 1. The lowest BCUT2D eigenvalue weighted by atomic mass is 9.89. The van der Waals surface area contributed by atoms with Crippen LogP contribution >= 0.6 is 0 Å². The molecule has 0 aliphatic carbocycles. The van der Waals surface area contributed by atoms with Crippen LogP contribution < -0.4 is 15.8 Å². The van der Waals surface area contributed by atoms with E-state index in [1.165, 1.54) is 0 Å². The number of hydrogen-bond donors (Lipinski definition) is 2. The van der Waals surface area contributed by atoms with Crippen LogP contribution in [0.1, 0.15) is 37.6 Å². The number of rotatable bonds is 7. The zero-order valence-corrected chi connectivity index (χ0v) is 12.0. The van der Waals surface area contributed by atoms with Gasteiger partial charge in [0.15, 0.2) is 0 Å². The molecule has 0 bridgehead atoms. The molecular weight excluding hydrogens is 240 g/mol. The number of nitrogens with one attached hydrogen (secondary N) is 1. The van der Waals surface area contributed by atoms with Crippen LogP contribution in [0.3, 0.4) is 0 Å². The third-order valence-electron chi connectivity index (χ3n) is 2.98. The van der Waals surface area contributed by atoms with Crippen molar-refractivity contribution in [3.05, 3.63) is 29.8 Å². The second-order valence-electron chi connectivity index (χ2n) is 5.31. The van der Waals surface area contributed by atoms with Crippen molar-refractivity contribution in [3.63, 3.8) is 0 Å². The van der Waals surface area contributed by atoms with Crippen molar-refractivity contribution < 1.29 is 9.53 Å². The molecule has 106 valence electrons. The Bertz CT molecular complexity index is 416. The standard InChI is InChI=1S/C15H24N2O2/c1-4-19-13-8-6-5-7-12(13)14(18)17-11-15(2,3)9-10-16/h5-8H,4,9-11,16H2,1-3H3,(H,17,18). The first-order valence-electron chi connectivity index (χ1n) is 6.70. The predicted molar refractivity (Wildman–Crippen MR) is 77.4 cm³/mol. The van der Waals surface area contributed by atoms with E-state index in [9.17, 15) is 4.79 Å². The summed E-state index contributed by atoms with van der Waals surface area (Å²) in [4.78, 5) is 12.2. The van der Waals surface area contributed by atoms with Crippen LogP contribution in [0.5, 0.6) is 5.75 Å². The van der Waals surface area contributed by atoms with Gasteiger partial charge in [-0.2, -0.15) is 0 Å². The minimum absolute atomic E-state index is 0.00493. The van der Waals surface area contributed by atoms with Gasteiger partial charge in [-0.15, -0.1) is 0 Å². The van der Waals surface area contributed by atoms with E-state index >= 15 is 0 Å². The van der Waals surface area contributed by atoms with E-state index in [2.05, 4.69) is 19.2 Å². The van der Waals surface area contributed by atoms with Crippen LogP contribution in [-0.4, -0.2) is 25.6 Å². The van der Waals surface area contributed by atoms with Crippen LogP contribution in [-0.2, 0) is 0 Å². The van der Waals surface area contributed by atoms with Crippen LogP contribution in [0.2, 0.25) is 0 Å². The molecule has 0 aliphatic rings. The summed E-state index contributed by atoms with van der Waals surface area (Å²) >= 11 is 0. The summed E-state index contributed by atoms with van der Waals surface area (Å²) < 4.78 is 5.46. The minimum Gasteiger partial charge on any atom is -0.493 e. The second-order valence-corrected chi connectivity index (χ2v) is 5.31. The average molecular weight is 264 g/mol. The molecule has 0 radical (unpaired) electrons. The van der Waals surface area contributed by atoms with E-state index in [0.29, 0.717) is 31.0 Å². The molecule has 0 saturated carbocycles. The van der Waals surface area contributed by atoms with E-state index in [1.54, 1.807) is 6.07 Å². The molecule has 0 unspecified atom stereocenters. The molecule has 3 N–H and O–H groups in total. The Morgan fingerprint density at radius 1 is 1.37 bits per heavy atom. The van der Waals surface area contributed by atoms with E-state index in [1.807, 2.05) is 25.1 Å². The number of hydrogen-bond acceptors (Lipinski definition) is 3. The molecule has 1 aromatic rings. The van der Waals surface area contributed by atoms with Gasteiger partial charge in [-0.1, -0.05) is 26.0 Å². The van der Waals surface area contributed by atoms with Gasteiger partial charge in [-0.3, -0.25) is 4.79 Å². The van der Waals surface area contributed by atoms with Crippen LogP contribution in [0.25, 0.3) is 0 Å². The lowest BCUT2D eigenvalue weighted by Crippen LogP contribution is -2.35. The Morgan fingerprint density at radius 3 is 2.68 bits per heavy atom. The largest absolute Gasteiger partial charge is 0.493 e. The fourth-order valence-corrected chi connectivity index (χ4v) is 1.83. The smallest absolute Gasteiger partial charge is 0.255 e. The average Bonchev–Trinajstić information content (AvgIpc) is 2.37. The highest BCUT2D eigenvalue weighted by atomic mass is 16.5. The fraction of sp³-hybridized carbons (Fsp3) is 0.533. The van der Waals surface area contributed by atoms with Gasteiger partial charge in [0.2, 0.25) is 0 Å². The molecule has 0 aromatic heterocycles. The fourth-order valence-electron chi connectivity index (χ4n) is 1.83. The Morgan fingerprint density at radius 2 is 2.05 bits per heavy atom. The van der Waals surface area contributed by atoms with Crippen molar-refractivity contribution in [1.29, 1.82) is 0 Å². The molecule has 4 nitrogen and oxygen atoms in total. The topological polar surface area (TPSA) is 64.3 Å². The van der Waals surface area contributed by atoms with Crippen molar-refractivity contribution in [2.75, 3.05) is 19.7 Å². The van der Waals surface area contributed by atoms with Gasteiger partial charge >= 0.3 is 0 Å². The minimum atomic E-state index is -0.103. The van der Waals surface area contributed by atoms with Crippen molar-refractivity contribution in [3.8, 4) is 5.75 Å². The lowest BCUT2D eigenvalue weighted by molar-refractivity contribution is 0.0931. The summed E-state index contributed by atoms with van der Waals surface area (Å²) in [5.74, 6) is 0.522. The Labute approximate surface area is 115 Å². The van der Waals surface area contributed by atoms with Gasteiger partial charge in [0.05, 0.1) is 12.2 Å². The summed E-state index contributed by atoms with van der Waals surface area (Å²) in [6.07, 6.45) is 0.875. The summed E-state index contributed by atoms with van der Waals surface area (Å²) in [5, 5.41) is 2.95. The quantitative estimate of drug-likeness (QED) is 0.793. The van der Waals surface area contributed by atoms with E-state index < -0.39 is 0 Å². The van der Waals surface area contributed by atoms with E-state index in [4.69, 9.17) is 10.5 Å². The van der Waals surface area contributed by atoms with Crippen molar-refractivity contribution in [2.24, 2.45) is 11.1 Å². The molecule has 1 rings (SSSR count). The first-order chi connectivity index (χ1) is 9.00. The molecule has 19 heavy (non-hydrogen) atoms. The molecule has 0 atom stereocenters. The third kappa shape index (κ3) is 4.91. The molecule has 0 spiro atoms. The number of carbonyl (C=O) groups excluding carboxylic acids is 1. The number of amides is 1. The maximum atomic E-state index is 12.2. The highest BCUT2D eigenvalue weighted by molar-refractivity contribution is 5.96. The molecule has 4 heteroatoms. The molecule has 0 saturated heterocycles. The maximum absolute atomic E-state index is 12.2. The Hall–Kier alpha value is -1.55. The molecule has 0 heterocycles. The number of carbonyl (C=O) groups is 1. The molecular formula is C15H24N2O2. The lowest BCUT2D eigenvalue weighted by Gasteiger charge is -2.24. The summed E-state index contributed by atoms with van der Waals surface area (Å²) in [6, 6.07) is 7.28. The highest BCUT2D eigenvalue weighted by Crippen LogP contribution is 2.20. The third-order valence-corrected chi connectivity index (χ3v) is 2.98. The molecule has 1 amide bonds. The molecule has 0 aliphatic heterocycles. The van der Waals surface area contributed by atoms with Crippen molar-refractivity contribution >= 4 is 5.91 Å². The normalized spacial score (nSPS) is 11.2. The van der Waals surface area contributed by atoms with Gasteiger partial charge in [-0.05, 0) is 37.4 Å². The first kappa shape index (κ1) is 15.5. The zero-order valence-electron chi connectivity index (χ0n) is 12.0. The Kier molecular flexibility index (Phi) is 5.83. The zero-order chi connectivity index (χ0) is 14.3. The summed E-state index contributed by atoms with van der Waals surface area (Å²) in [6.45, 7) is 7.85. The van der Waals surface area contributed by atoms with Gasteiger partial charge in [0.25, 0.3) is 5.91 Å². The molecule has 1 aromatic carbocycles. The number of ether oxygens (including phenoxy) is 1. The maximum Gasteiger partial charge on any atom is 0.255 e. The first-order valence-corrected chi connectivity index (χ1v) is 6.70. The highest BCUT2D eigenvalue weighted by Gasteiger charge is 2.19. The van der Waals surface area contributed by atoms with Crippen molar-refractivity contribution in [2.45, 2.75) is 27.2 Å². The van der Waals surface area contributed by atoms with E-state index in [-0.39, 0.29) is 11.3 Å². The molecule has 0 fully saturated rings. The predicted octanol–water partition coefficient (Wildman–Crippen LogP) is 2.19. The van der Waals surface area contributed by atoms with Crippen LogP contribution in [0.4, 0.5) is 0 Å². The van der Waals surface area contributed by atoms with Gasteiger partial charge in [-0.25, -0.2) is 0 Å². The Balaban J connectivity index is 2.68. The second kappa shape index (κ2) is 7.14. The number of nitrogens with two attached hydrogens (primary N) is 1.